The normalized spacial score (nSPS) is 13.7. The summed E-state index contributed by atoms with van der Waals surface area (Å²) in [5.74, 6) is 0. The quantitative estimate of drug-likeness (QED) is 0.177. The molecule has 0 atom stereocenters. The molecular weight excluding hydrogens is 593 g/mol. The molecule has 0 saturated carbocycles. The van der Waals surface area contributed by atoms with Gasteiger partial charge in [-0.05, 0) is 107 Å². The summed E-state index contributed by atoms with van der Waals surface area (Å²) in [7, 11) is 0. The Morgan fingerprint density at radius 1 is 0.388 bits per heavy atom. The zero-order valence-electron chi connectivity index (χ0n) is 33.2. The summed E-state index contributed by atoms with van der Waals surface area (Å²) in [4.78, 5) is 0. The molecule has 0 aliphatic carbocycles. The first-order valence-electron chi connectivity index (χ1n) is 19.8. The molecule has 49 heavy (non-hydrogen) atoms. The molecular formula is C48H30O. The largest absolute Gasteiger partial charge is 0.456 e. The van der Waals surface area contributed by atoms with E-state index in [2.05, 4.69) is 6.07 Å². The number of rotatable bonds is 4. The van der Waals surface area contributed by atoms with Crippen molar-refractivity contribution in [2.75, 3.05) is 0 Å². The van der Waals surface area contributed by atoms with Gasteiger partial charge in [-0.3, -0.25) is 0 Å². The van der Waals surface area contributed by atoms with E-state index in [4.69, 9.17) is 7.16 Å². The van der Waals surface area contributed by atoms with Crippen molar-refractivity contribution in [1.82, 2.24) is 0 Å². The molecule has 1 heterocycles. The Hall–Kier alpha value is -6.44. The molecule has 0 aliphatic rings. The van der Waals surface area contributed by atoms with Gasteiger partial charge in [-0.2, -0.15) is 0 Å². The van der Waals surface area contributed by atoms with E-state index in [1.807, 2.05) is 133 Å². The van der Waals surface area contributed by atoms with Crippen molar-refractivity contribution in [2.24, 2.45) is 0 Å². The van der Waals surface area contributed by atoms with Gasteiger partial charge in [0.15, 0.2) is 0 Å². The van der Waals surface area contributed by atoms with Crippen molar-refractivity contribution in [3.8, 4) is 44.5 Å². The average Bonchev–Trinajstić information content (AvgIpc) is 3.60. The van der Waals surface area contributed by atoms with E-state index in [-0.39, 0.29) is 51.9 Å². The van der Waals surface area contributed by atoms with E-state index in [1.165, 1.54) is 0 Å². The summed E-state index contributed by atoms with van der Waals surface area (Å²) >= 11 is 0. The highest BCUT2D eigenvalue weighted by molar-refractivity contribution is 6.26. The van der Waals surface area contributed by atoms with Gasteiger partial charge in [0, 0.05) is 10.8 Å². The molecule has 0 amide bonds. The van der Waals surface area contributed by atoms with E-state index < -0.39 is 12.1 Å². The average molecular weight is 630 g/mol. The van der Waals surface area contributed by atoms with Crippen molar-refractivity contribution in [2.45, 2.75) is 0 Å². The molecule has 0 unspecified atom stereocenters. The lowest BCUT2D eigenvalue weighted by Crippen LogP contribution is -1.92. The van der Waals surface area contributed by atoms with Crippen molar-refractivity contribution in [3.05, 3.63) is 182 Å². The molecule has 0 bridgehead atoms. The van der Waals surface area contributed by atoms with Crippen LogP contribution in [-0.2, 0) is 0 Å². The second kappa shape index (κ2) is 11.1. The third kappa shape index (κ3) is 4.47. The molecule has 10 rings (SSSR count). The van der Waals surface area contributed by atoms with Gasteiger partial charge in [0.2, 0.25) is 0 Å². The smallest absolute Gasteiger partial charge is 0.136 e. The molecule has 9 aromatic carbocycles. The minimum Gasteiger partial charge on any atom is -0.456 e. The third-order valence-corrected chi connectivity index (χ3v) is 9.45. The maximum Gasteiger partial charge on any atom is 0.136 e. The summed E-state index contributed by atoms with van der Waals surface area (Å²) in [6, 6.07) is 42.8. The summed E-state index contributed by atoms with van der Waals surface area (Å²) in [5.41, 5.74) is 5.91. The monoisotopic (exact) mass is 629 g/mol. The Morgan fingerprint density at radius 2 is 1.00 bits per heavy atom. The second-order valence-electron chi connectivity index (χ2n) is 12.3. The zero-order chi connectivity index (χ0) is 38.4. The molecule has 10 aromatic rings. The zero-order valence-corrected chi connectivity index (χ0v) is 26.2. The van der Waals surface area contributed by atoms with Crippen LogP contribution in [0.25, 0.3) is 98.8 Å². The van der Waals surface area contributed by atoms with Gasteiger partial charge in [-0.1, -0.05) is 152 Å². The minimum atomic E-state index is -0.406. The van der Waals surface area contributed by atoms with Crippen LogP contribution in [0.15, 0.2) is 186 Å². The van der Waals surface area contributed by atoms with Crippen LogP contribution >= 0.6 is 0 Å². The SMILES string of the molecule is [2H]c1c([2H])c([2H])c2c(-c3cccc4oc5cc6ccccc6cc5c34)c3c([2H])c(-c4ccccc4)c([2H])c([2H])c3c(-c3cccc(-c4ccccc4)c3)c2c1[2H]. The fourth-order valence-corrected chi connectivity index (χ4v) is 7.23. The van der Waals surface area contributed by atoms with E-state index in [0.29, 0.717) is 44.4 Å². The Bertz CT molecular complexity index is 3260. The van der Waals surface area contributed by atoms with Crippen LogP contribution in [0.1, 0.15) is 9.60 Å². The lowest BCUT2D eigenvalue weighted by molar-refractivity contribution is 0.669. The van der Waals surface area contributed by atoms with E-state index >= 15 is 0 Å². The van der Waals surface area contributed by atoms with Crippen molar-refractivity contribution in [3.63, 3.8) is 0 Å². The topological polar surface area (TPSA) is 13.1 Å². The van der Waals surface area contributed by atoms with Gasteiger partial charge in [0.25, 0.3) is 0 Å². The molecule has 0 radical (unpaired) electrons. The van der Waals surface area contributed by atoms with Gasteiger partial charge in [0.1, 0.15) is 11.2 Å². The molecule has 0 saturated heterocycles. The number of fused-ring (bicyclic) bond motifs is 6. The van der Waals surface area contributed by atoms with Gasteiger partial charge in [0.05, 0.1) is 9.60 Å². The highest BCUT2D eigenvalue weighted by Crippen LogP contribution is 2.48. The number of furan rings is 1. The highest BCUT2D eigenvalue weighted by Gasteiger charge is 2.21. The maximum atomic E-state index is 10.1. The van der Waals surface area contributed by atoms with Crippen LogP contribution in [0.2, 0.25) is 0 Å². The molecule has 0 aliphatic heterocycles. The third-order valence-electron chi connectivity index (χ3n) is 9.45. The van der Waals surface area contributed by atoms with Crippen molar-refractivity contribution < 1.29 is 14.0 Å². The first-order valence-corrected chi connectivity index (χ1v) is 16.3. The predicted octanol–water partition coefficient (Wildman–Crippen LogP) is 13.7. The van der Waals surface area contributed by atoms with Crippen molar-refractivity contribution >= 4 is 54.3 Å². The molecule has 1 heteroatoms. The molecule has 0 spiro atoms. The number of hydrogen-bond acceptors (Lipinski definition) is 1. The fraction of sp³-hybridized carbons (Fsp3) is 0. The van der Waals surface area contributed by atoms with Crippen LogP contribution in [0.3, 0.4) is 0 Å². The Labute approximate surface area is 294 Å². The molecule has 0 N–H and O–H groups in total. The molecule has 1 nitrogen and oxygen atoms in total. The van der Waals surface area contributed by atoms with Gasteiger partial charge < -0.3 is 4.42 Å². The Kier molecular flexibility index (Phi) is 4.85. The van der Waals surface area contributed by atoms with E-state index in [1.54, 1.807) is 0 Å². The van der Waals surface area contributed by atoms with Gasteiger partial charge >= 0.3 is 0 Å². The molecule has 1 aromatic heterocycles. The van der Waals surface area contributed by atoms with Gasteiger partial charge in [-0.15, -0.1) is 0 Å². The lowest BCUT2D eigenvalue weighted by atomic mass is 9.83. The second-order valence-corrected chi connectivity index (χ2v) is 12.3. The standard InChI is InChI=1S/C48H30O/c1-3-13-31(14-4-1)33-19-11-20-37(27-33)46-38-21-9-10-22-39(38)47(42-28-36(25-26-40(42)46)32-15-5-2-6-16-32)41-23-12-24-44-48(41)43-29-34-17-7-8-18-35(34)30-45(43)49-44/h1-30H/i9D,10D,21D,22D,25D,26D,28D. The van der Waals surface area contributed by atoms with Crippen LogP contribution in [0.5, 0.6) is 0 Å². The lowest BCUT2D eigenvalue weighted by Gasteiger charge is -2.19. The van der Waals surface area contributed by atoms with Crippen LogP contribution in [-0.4, -0.2) is 0 Å². The Morgan fingerprint density at radius 3 is 1.78 bits per heavy atom. The van der Waals surface area contributed by atoms with E-state index in [0.717, 1.165) is 32.7 Å². The summed E-state index contributed by atoms with van der Waals surface area (Å²) in [6.45, 7) is 0. The van der Waals surface area contributed by atoms with Crippen LogP contribution < -0.4 is 0 Å². The molecule has 228 valence electrons. The fourth-order valence-electron chi connectivity index (χ4n) is 7.23. The summed E-state index contributed by atoms with van der Waals surface area (Å²) in [5, 5.41) is 4.60. The van der Waals surface area contributed by atoms with Crippen molar-refractivity contribution in [1.29, 1.82) is 0 Å². The summed E-state index contributed by atoms with van der Waals surface area (Å²) in [6.07, 6.45) is 0. The predicted molar refractivity (Wildman–Crippen MR) is 208 cm³/mol. The first kappa shape index (κ1) is 21.4. The number of hydrogen-bond donors (Lipinski definition) is 0. The van der Waals surface area contributed by atoms with Crippen LogP contribution in [0.4, 0.5) is 0 Å². The highest BCUT2D eigenvalue weighted by atomic mass is 16.3. The molecule has 0 fully saturated rings. The minimum absolute atomic E-state index is 0.00720. The first-order chi connectivity index (χ1) is 27.2. The van der Waals surface area contributed by atoms with E-state index in [9.17, 15) is 6.85 Å². The summed E-state index contributed by atoms with van der Waals surface area (Å²) < 4.78 is 72.9. The van der Waals surface area contributed by atoms with Gasteiger partial charge in [-0.25, -0.2) is 0 Å². The Balaban J connectivity index is 1.48. The van der Waals surface area contributed by atoms with Crippen LogP contribution in [0, 0.1) is 0 Å². The maximum absolute atomic E-state index is 10.1. The number of benzene rings is 9.